The molecule has 0 aromatic heterocycles. The fourth-order valence-electron chi connectivity index (χ4n) is 2.54. The molecule has 1 aromatic carbocycles. The molecular weight excluding hydrogens is 220 g/mol. The van der Waals surface area contributed by atoms with E-state index < -0.39 is 0 Å². The van der Waals surface area contributed by atoms with Crippen molar-refractivity contribution in [1.82, 2.24) is 0 Å². The number of para-hydroxylation sites is 1. The van der Waals surface area contributed by atoms with Crippen LogP contribution in [0.1, 0.15) is 45.1 Å². The second kappa shape index (κ2) is 8.15. The van der Waals surface area contributed by atoms with Crippen LogP contribution in [0.2, 0.25) is 0 Å². The number of aryl methyl sites for hydroxylation is 1. The van der Waals surface area contributed by atoms with E-state index in [1.807, 2.05) is 0 Å². The Kier molecular flexibility index (Phi) is 6.81. The molecule has 0 fully saturated rings. The van der Waals surface area contributed by atoms with Crippen LogP contribution in [0.4, 0.5) is 5.69 Å². The van der Waals surface area contributed by atoms with Crippen LogP contribution in [-0.2, 0) is 0 Å². The third-order valence-electron chi connectivity index (χ3n) is 3.62. The summed E-state index contributed by atoms with van der Waals surface area (Å²) in [6.45, 7) is 8.41. The van der Waals surface area contributed by atoms with Gasteiger partial charge < -0.3 is 10.6 Å². The lowest BCUT2D eigenvalue weighted by molar-refractivity contribution is 0.527. The third-order valence-corrected chi connectivity index (χ3v) is 3.62. The van der Waals surface area contributed by atoms with Gasteiger partial charge in [-0.25, -0.2) is 0 Å². The first-order chi connectivity index (χ1) is 8.74. The predicted octanol–water partition coefficient (Wildman–Crippen LogP) is 3.73. The molecule has 0 aliphatic heterocycles. The van der Waals surface area contributed by atoms with Gasteiger partial charge in [0.15, 0.2) is 0 Å². The Morgan fingerprint density at radius 3 is 2.44 bits per heavy atom. The minimum atomic E-state index is 0.475. The fraction of sp³-hybridized carbons (Fsp3) is 0.625. The Morgan fingerprint density at radius 1 is 1.17 bits per heavy atom. The van der Waals surface area contributed by atoms with Crippen molar-refractivity contribution < 1.29 is 0 Å². The smallest absolute Gasteiger partial charge is 0.0412 e. The average Bonchev–Trinajstić information content (AvgIpc) is 2.39. The van der Waals surface area contributed by atoms with Crippen LogP contribution in [0, 0.1) is 6.92 Å². The first-order valence-corrected chi connectivity index (χ1v) is 7.26. The Labute approximate surface area is 112 Å². The maximum Gasteiger partial charge on any atom is 0.0412 e. The Bertz CT molecular complexity index is 336. The molecule has 0 spiro atoms. The molecule has 0 aliphatic rings. The molecule has 0 saturated carbocycles. The van der Waals surface area contributed by atoms with Crippen LogP contribution in [0.5, 0.6) is 0 Å². The van der Waals surface area contributed by atoms with Crippen LogP contribution in [-0.4, -0.2) is 19.1 Å². The minimum Gasteiger partial charge on any atom is -0.367 e. The molecule has 2 nitrogen and oxygen atoms in total. The van der Waals surface area contributed by atoms with Crippen LogP contribution >= 0.6 is 0 Å². The van der Waals surface area contributed by atoms with Crippen LogP contribution in [0.15, 0.2) is 24.3 Å². The molecule has 0 bridgehead atoms. The van der Waals surface area contributed by atoms with Gasteiger partial charge in [-0.15, -0.1) is 0 Å². The van der Waals surface area contributed by atoms with Crippen molar-refractivity contribution in [2.24, 2.45) is 5.73 Å². The number of nitrogens with zero attached hydrogens (tertiary/aromatic N) is 1. The first-order valence-electron chi connectivity index (χ1n) is 7.26. The summed E-state index contributed by atoms with van der Waals surface area (Å²) in [5, 5.41) is 0. The summed E-state index contributed by atoms with van der Waals surface area (Å²) in [4.78, 5) is 2.46. The summed E-state index contributed by atoms with van der Waals surface area (Å²) >= 11 is 0. The lowest BCUT2D eigenvalue weighted by Crippen LogP contribution is -2.41. The van der Waals surface area contributed by atoms with Gasteiger partial charge in [0.25, 0.3) is 0 Å². The van der Waals surface area contributed by atoms with E-state index in [1.165, 1.54) is 36.9 Å². The van der Waals surface area contributed by atoms with E-state index in [4.69, 9.17) is 5.73 Å². The van der Waals surface area contributed by atoms with E-state index in [0.717, 1.165) is 13.1 Å². The Balaban J connectivity index is 2.76. The highest BCUT2D eigenvalue weighted by Gasteiger charge is 2.16. The summed E-state index contributed by atoms with van der Waals surface area (Å²) in [5.41, 5.74) is 8.66. The van der Waals surface area contributed by atoms with Crippen molar-refractivity contribution in [3.8, 4) is 0 Å². The molecular formula is C16H28N2. The molecule has 1 aromatic rings. The van der Waals surface area contributed by atoms with Gasteiger partial charge in [-0.3, -0.25) is 0 Å². The molecule has 0 heterocycles. The van der Waals surface area contributed by atoms with Crippen LogP contribution in [0.3, 0.4) is 0 Å². The lowest BCUT2D eigenvalue weighted by Gasteiger charge is -2.33. The molecule has 0 amide bonds. The van der Waals surface area contributed by atoms with Gasteiger partial charge in [0.05, 0.1) is 0 Å². The molecule has 1 rings (SSSR count). The quantitative estimate of drug-likeness (QED) is 0.710. The number of nitrogens with two attached hydrogens (primary N) is 1. The van der Waals surface area contributed by atoms with E-state index in [1.54, 1.807) is 0 Å². The number of likely N-dealkylation sites (N-methyl/N-ethyl adjacent to an activating group) is 1. The van der Waals surface area contributed by atoms with Gasteiger partial charge in [-0.05, 0) is 31.9 Å². The highest BCUT2D eigenvalue weighted by molar-refractivity contribution is 5.53. The third kappa shape index (κ3) is 4.02. The number of hydrogen-bond donors (Lipinski definition) is 1. The van der Waals surface area contributed by atoms with Crippen molar-refractivity contribution in [1.29, 1.82) is 0 Å². The number of hydrogen-bond acceptors (Lipinski definition) is 2. The fourth-order valence-corrected chi connectivity index (χ4v) is 2.54. The molecule has 0 radical (unpaired) electrons. The summed E-state index contributed by atoms with van der Waals surface area (Å²) in [6.07, 6.45) is 5.06. The van der Waals surface area contributed by atoms with E-state index >= 15 is 0 Å². The molecule has 2 N–H and O–H groups in total. The Hall–Kier alpha value is -1.02. The first kappa shape index (κ1) is 15.0. The van der Waals surface area contributed by atoms with E-state index in [0.29, 0.717) is 6.04 Å². The topological polar surface area (TPSA) is 29.3 Å². The summed E-state index contributed by atoms with van der Waals surface area (Å²) in [7, 11) is 0. The molecule has 0 saturated heterocycles. The number of anilines is 1. The number of rotatable bonds is 8. The van der Waals surface area contributed by atoms with Gasteiger partial charge in [0.2, 0.25) is 0 Å². The highest BCUT2D eigenvalue weighted by Crippen LogP contribution is 2.23. The standard InChI is InChI=1S/C16H28N2/c1-4-6-7-11-15(13-17)18(5-2)16-12-9-8-10-14(16)3/h8-10,12,15H,4-7,11,13,17H2,1-3H3. The molecule has 18 heavy (non-hydrogen) atoms. The maximum absolute atomic E-state index is 5.98. The van der Waals surface area contributed by atoms with Gasteiger partial charge >= 0.3 is 0 Å². The van der Waals surface area contributed by atoms with E-state index in [-0.39, 0.29) is 0 Å². The van der Waals surface area contributed by atoms with Gasteiger partial charge in [-0.1, -0.05) is 44.4 Å². The molecule has 102 valence electrons. The largest absolute Gasteiger partial charge is 0.367 e. The lowest BCUT2D eigenvalue weighted by atomic mass is 10.0. The zero-order valence-corrected chi connectivity index (χ0v) is 12.2. The molecule has 2 heteroatoms. The molecule has 0 aliphatic carbocycles. The second-order valence-corrected chi connectivity index (χ2v) is 4.96. The van der Waals surface area contributed by atoms with E-state index in [2.05, 4.69) is 49.9 Å². The van der Waals surface area contributed by atoms with Crippen molar-refractivity contribution in [2.45, 2.75) is 52.5 Å². The monoisotopic (exact) mass is 248 g/mol. The molecule has 1 unspecified atom stereocenters. The van der Waals surface area contributed by atoms with Gasteiger partial charge in [0.1, 0.15) is 0 Å². The van der Waals surface area contributed by atoms with Crippen molar-refractivity contribution in [2.75, 3.05) is 18.0 Å². The summed E-state index contributed by atoms with van der Waals surface area (Å²) in [6, 6.07) is 9.08. The van der Waals surface area contributed by atoms with Crippen molar-refractivity contribution >= 4 is 5.69 Å². The van der Waals surface area contributed by atoms with Gasteiger partial charge in [-0.2, -0.15) is 0 Å². The number of benzene rings is 1. The predicted molar refractivity (Wildman–Crippen MR) is 81.2 cm³/mol. The zero-order chi connectivity index (χ0) is 13.4. The maximum atomic E-state index is 5.98. The Morgan fingerprint density at radius 2 is 1.89 bits per heavy atom. The SMILES string of the molecule is CCCCCC(CN)N(CC)c1ccccc1C. The van der Waals surface area contributed by atoms with Gasteiger partial charge in [0, 0.05) is 24.8 Å². The van der Waals surface area contributed by atoms with Crippen LogP contribution in [0.25, 0.3) is 0 Å². The highest BCUT2D eigenvalue weighted by atomic mass is 15.2. The van der Waals surface area contributed by atoms with Crippen molar-refractivity contribution in [3.63, 3.8) is 0 Å². The molecule has 1 atom stereocenters. The average molecular weight is 248 g/mol. The van der Waals surface area contributed by atoms with Crippen LogP contribution < -0.4 is 10.6 Å². The van der Waals surface area contributed by atoms with E-state index in [9.17, 15) is 0 Å². The zero-order valence-electron chi connectivity index (χ0n) is 12.2. The number of unbranched alkanes of at least 4 members (excludes halogenated alkanes) is 2. The summed E-state index contributed by atoms with van der Waals surface area (Å²) in [5.74, 6) is 0. The van der Waals surface area contributed by atoms with Crippen molar-refractivity contribution in [3.05, 3.63) is 29.8 Å². The normalized spacial score (nSPS) is 12.4. The minimum absolute atomic E-state index is 0.475. The summed E-state index contributed by atoms with van der Waals surface area (Å²) < 4.78 is 0. The second-order valence-electron chi connectivity index (χ2n) is 4.96.